The summed E-state index contributed by atoms with van der Waals surface area (Å²) in [6, 6.07) is 12.3. The lowest BCUT2D eigenvalue weighted by molar-refractivity contribution is 0.574. The molecule has 0 aromatic heterocycles. The van der Waals surface area contributed by atoms with Crippen LogP contribution in [-0.2, 0) is 0 Å². The van der Waals surface area contributed by atoms with Crippen LogP contribution in [0.4, 0.5) is 14.5 Å². The molecule has 0 aliphatic heterocycles. The Morgan fingerprint density at radius 2 is 1.81 bits per heavy atom. The fourth-order valence-electron chi connectivity index (χ4n) is 2.24. The van der Waals surface area contributed by atoms with Crippen molar-refractivity contribution in [1.82, 2.24) is 0 Å². The number of anilines is 1. The Labute approximate surface area is 132 Å². The molecule has 112 valence electrons. The summed E-state index contributed by atoms with van der Waals surface area (Å²) in [5, 5.41) is 3.19. The molecule has 2 aromatic carbocycles. The molecule has 1 nitrogen and oxygen atoms in total. The number of hydrogen-bond donors (Lipinski definition) is 1. The molecule has 0 saturated heterocycles. The average molecular weight is 354 g/mol. The number of unbranched alkanes of at least 4 members (excludes halogenated alkanes) is 1. The van der Waals surface area contributed by atoms with Gasteiger partial charge in [0, 0.05) is 6.07 Å². The maximum Gasteiger partial charge on any atom is 0.149 e. The lowest BCUT2D eigenvalue weighted by Crippen LogP contribution is -2.12. The zero-order chi connectivity index (χ0) is 15.2. The zero-order valence-corrected chi connectivity index (χ0v) is 13.5. The van der Waals surface area contributed by atoms with Gasteiger partial charge in [-0.1, -0.05) is 50.1 Å². The minimum absolute atomic E-state index is 0.0120. The normalized spacial score (nSPS) is 12.2. The molecule has 0 spiro atoms. The molecule has 0 aliphatic carbocycles. The summed E-state index contributed by atoms with van der Waals surface area (Å²) in [4.78, 5) is 0. The van der Waals surface area contributed by atoms with Crippen molar-refractivity contribution in [1.29, 1.82) is 0 Å². The number of rotatable bonds is 6. The summed E-state index contributed by atoms with van der Waals surface area (Å²) < 4.78 is 27.5. The first kappa shape index (κ1) is 16.0. The summed E-state index contributed by atoms with van der Waals surface area (Å²) in [5.74, 6) is -1.17. The van der Waals surface area contributed by atoms with Crippen LogP contribution in [0.2, 0.25) is 0 Å². The topological polar surface area (TPSA) is 12.0 Å². The van der Waals surface area contributed by atoms with Crippen molar-refractivity contribution in [2.75, 3.05) is 5.32 Å². The first-order valence-electron chi connectivity index (χ1n) is 7.08. The second kappa shape index (κ2) is 7.55. The van der Waals surface area contributed by atoms with Gasteiger partial charge in [-0.15, -0.1) is 0 Å². The van der Waals surface area contributed by atoms with E-state index in [1.54, 1.807) is 0 Å². The van der Waals surface area contributed by atoms with E-state index in [0.717, 1.165) is 30.9 Å². The summed E-state index contributed by atoms with van der Waals surface area (Å²) in [5.41, 5.74) is 1.42. The Bertz CT molecular complexity index is 587. The van der Waals surface area contributed by atoms with E-state index in [1.807, 2.05) is 30.3 Å². The van der Waals surface area contributed by atoms with E-state index < -0.39 is 11.6 Å². The van der Waals surface area contributed by atoms with Gasteiger partial charge < -0.3 is 5.32 Å². The second-order valence-electron chi connectivity index (χ2n) is 5.00. The maximum absolute atomic E-state index is 13.9. The molecule has 0 fully saturated rings. The highest BCUT2D eigenvalue weighted by molar-refractivity contribution is 9.10. The van der Waals surface area contributed by atoms with Crippen molar-refractivity contribution in [3.05, 3.63) is 64.1 Å². The summed E-state index contributed by atoms with van der Waals surface area (Å²) >= 11 is 3.10. The van der Waals surface area contributed by atoms with Gasteiger partial charge in [-0.05, 0) is 34.0 Å². The molecule has 2 rings (SSSR count). The maximum atomic E-state index is 13.9. The Morgan fingerprint density at radius 3 is 2.48 bits per heavy atom. The molecular formula is C17H18BrF2N. The fraction of sp³-hybridized carbons (Fsp3) is 0.294. The molecule has 1 atom stereocenters. The van der Waals surface area contributed by atoms with Crippen molar-refractivity contribution >= 4 is 21.6 Å². The van der Waals surface area contributed by atoms with Crippen LogP contribution < -0.4 is 5.32 Å². The van der Waals surface area contributed by atoms with Gasteiger partial charge in [0.05, 0.1) is 16.2 Å². The van der Waals surface area contributed by atoms with E-state index in [4.69, 9.17) is 0 Å². The smallest absolute Gasteiger partial charge is 0.149 e. The Kier molecular flexibility index (Phi) is 5.74. The van der Waals surface area contributed by atoms with Crippen LogP contribution in [0.3, 0.4) is 0 Å². The van der Waals surface area contributed by atoms with Crippen LogP contribution in [-0.4, -0.2) is 0 Å². The van der Waals surface area contributed by atoms with Gasteiger partial charge in [0.2, 0.25) is 0 Å². The molecule has 0 bridgehead atoms. The number of benzene rings is 2. The van der Waals surface area contributed by atoms with E-state index in [-0.39, 0.29) is 10.5 Å². The van der Waals surface area contributed by atoms with E-state index in [9.17, 15) is 8.78 Å². The highest BCUT2D eigenvalue weighted by Gasteiger charge is 2.14. The van der Waals surface area contributed by atoms with Crippen LogP contribution in [0.1, 0.15) is 37.8 Å². The second-order valence-corrected chi connectivity index (χ2v) is 5.85. The van der Waals surface area contributed by atoms with Crippen molar-refractivity contribution in [3.63, 3.8) is 0 Å². The number of nitrogens with one attached hydrogen (secondary N) is 1. The van der Waals surface area contributed by atoms with Crippen molar-refractivity contribution in [2.24, 2.45) is 0 Å². The van der Waals surface area contributed by atoms with Gasteiger partial charge in [0.25, 0.3) is 0 Å². The first-order valence-corrected chi connectivity index (χ1v) is 7.87. The zero-order valence-electron chi connectivity index (χ0n) is 11.9. The molecule has 0 heterocycles. The molecule has 1 unspecified atom stereocenters. The van der Waals surface area contributed by atoms with Gasteiger partial charge in [-0.3, -0.25) is 0 Å². The molecule has 0 saturated carbocycles. The summed E-state index contributed by atoms with van der Waals surface area (Å²) in [6.07, 6.45) is 3.01. The van der Waals surface area contributed by atoms with Gasteiger partial charge in [0.1, 0.15) is 11.6 Å². The van der Waals surface area contributed by atoms with Gasteiger partial charge in [-0.25, -0.2) is 8.78 Å². The highest BCUT2D eigenvalue weighted by atomic mass is 79.9. The minimum Gasteiger partial charge on any atom is -0.376 e. The molecule has 2 aromatic rings. The van der Waals surface area contributed by atoms with E-state index in [0.29, 0.717) is 5.69 Å². The average Bonchev–Trinajstić information content (AvgIpc) is 2.49. The van der Waals surface area contributed by atoms with Gasteiger partial charge >= 0.3 is 0 Å². The van der Waals surface area contributed by atoms with Crippen LogP contribution in [0, 0.1) is 11.6 Å². The third-order valence-corrected chi connectivity index (χ3v) is 4.00. The number of hydrogen-bond acceptors (Lipinski definition) is 1. The quantitative estimate of drug-likeness (QED) is 0.621. The summed E-state index contributed by atoms with van der Waals surface area (Å²) in [7, 11) is 0. The van der Waals surface area contributed by atoms with E-state index in [2.05, 4.69) is 28.2 Å². The molecular weight excluding hydrogens is 336 g/mol. The van der Waals surface area contributed by atoms with Crippen LogP contribution in [0.5, 0.6) is 0 Å². The third kappa shape index (κ3) is 4.27. The Hall–Kier alpha value is -1.42. The van der Waals surface area contributed by atoms with Crippen LogP contribution in [0.25, 0.3) is 0 Å². The molecule has 4 heteroatoms. The van der Waals surface area contributed by atoms with Crippen LogP contribution >= 0.6 is 15.9 Å². The standard InChI is InChI=1S/C17H18BrF2N/c1-2-3-9-16(12-7-5-4-6-8-12)21-17-10-13(18)14(19)11-15(17)20/h4-8,10-11,16,21H,2-3,9H2,1H3. The van der Waals surface area contributed by atoms with E-state index >= 15 is 0 Å². The van der Waals surface area contributed by atoms with Gasteiger partial charge in [-0.2, -0.15) is 0 Å². The van der Waals surface area contributed by atoms with Crippen molar-refractivity contribution in [2.45, 2.75) is 32.2 Å². The lowest BCUT2D eigenvalue weighted by atomic mass is 10.0. The summed E-state index contributed by atoms with van der Waals surface area (Å²) in [6.45, 7) is 2.12. The van der Waals surface area contributed by atoms with Crippen LogP contribution in [0.15, 0.2) is 46.9 Å². The fourth-order valence-corrected chi connectivity index (χ4v) is 2.58. The minimum atomic E-state index is -0.595. The Morgan fingerprint density at radius 1 is 1.10 bits per heavy atom. The predicted octanol–water partition coefficient (Wildman–Crippen LogP) is 6.07. The lowest BCUT2D eigenvalue weighted by Gasteiger charge is -2.21. The van der Waals surface area contributed by atoms with Crippen molar-refractivity contribution < 1.29 is 8.78 Å². The molecule has 0 radical (unpaired) electrons. The molecule has 0 aliphatic rings. The van der Waals surface area contributed by atoms with Gasteiger partial charge in [0.15, 0.2) is 0 Å². The predicted molar refractivity (Wildman–Crippen MR) is 86.4 cm³/mol. The number of halogens is 3. The van der Waals surface area contributed by atoms with E-state index in [1.165, 1.54) is 6.07 Å². The van der Waals surface area contributed by atoms with Crippen molar-refractivity contribution in [3.8, 4) is 0 Å². The third-order valence-electron chi connectivity index (χ3n) is 3.39. The monoisotopic (exact) mass is 353 g/mol. The largest absolute Gasteiger partial charge is 0.376 e. The molecule has 1 N–H and O–H groups in total. The SMILES string of the molecule is CCCCC(Nc1cc(Br)c(F)cc1F)c1ccccc1. The first-order chi connectivity index (χ1) is 10.1. The molecule has 0 amide bonds. The highest BCUT2D eigenvalue weighted by Crippen LogP contribution is 2.29. The Balaban J connectivity index is 2.25. The molecule has 21 heavy (non-hydrogen) atoms.